The fourth-order valence-corrected chi connectivity index (χ4v) is 1.94. The second kappa shape index (κ2) is 6.01. The highest BCUT2D eigenvalue weighted by Crippen LogP contribution is 2.16. The Kier molecular flexibility index (Phi) is 4.36. The minimum absolute atomic E-state index is 0.0102. The molecule has 7 nitrogen and oxygen atoms in total. The highest BCUT2D eigenvalue weighted by atomic mass is 16.4. The van der Waals surface area contributed by atoms with Gasteiger partial charge in [0, 0.05) is 13.1 Å². The van der Waals surface area contributed by atoms with Crippen molar-refractivity contribution in [1.29, 1.82) is 0 Å². The third-order valence-corrected chi connectivity index (χ3v) is 3.03. The maximum absolute atomic E-state index is 11.6. The number of carbonyl (C=O) groups excluding carboxylic acids is 1. The molecule has 1 aliphatic heterocycles. The molecule has 2 heterocycles. The Balaban J connectivity index is 1.94. The monoisotopic (exact) mass is 267 g/mol. The fourth-order valence-electron chi connectivity index (χ4n) is 1.94. The zero-order valence-electron chi connectivity index (χ0n) is 11.6. The molecule has 2 rings (SSSR count). The summed E-state index contributed by atoms with van der Waals surface area (Å²) in [5, 5.41) is 14.1. The molecule has 1 amide bonds. The maximum Gasteiger partial charge on any atom is 0.318 e. The standard InChI is InChI=1S/C12H21N5O2/c1-8(2)6-13-7-10-15-16-12(19-10)17-5-4-14-11(18)9(17)3/h8-9,13H,4-7H2,1-3H3,(H,14,18). The molecule has 1 aliphatic rings. The van der Waals surface area contributed by atoms with Gasteiger partial charge in [-0.2, -0.15) is 0 Å². The van der Waals surface area contributed by atoms with Gasteiger partial charge >= 0.3 is 6.01 Å². The van der Waals surface area contributed by atoms with E-state index in [1.54, 1.807) is 0 Å². The first-order valence-corrected chi connectivity index (χ1v) is 6.65. The number of hydrogen-bond acceptors (Lipinski definition) is 6. The Bertz CT molecular complexity index is 432. The molecule has 0 saturated carbocycles. The summed E-state index contributed by atoms with van der Waals surface area (Å²) < 4.78 is 5.58. The highest BCUT2D eigenvalue weighted by molar-refractivity contribution is 5.85. The van der Waals surface area contributed by atoms with Crippen LogP contribution in [0.4, 0.5) is 6.01 Å². The Morgan fingerprint density at radius 1 is 1.53 bits per heavy atom. The SMILES string of the molecule is CC(C)CNCc1nnc(N2CCNC(=O)C2C)o1. The first kappa shape index (κ1) is 13.8. The zero-order chi connectivity index (χ0) is 13.8. The summed E-state index contributed by atoms with van der Waals surface area (Å²) in [7, 11) is 0. The molecular formula is C12H21N5O2. The van der Waals surface area contributed by atoms with Gasteiger partial charge in [0.25, 0.3) is 0 Å². The normalized spacial score (nSPS) is 19.9. The van der Waals surface area contributed by atoms with Crippen molar-refractivity contribution in [3.63, 3.8) is 0 Å². The van der Waals surface area contributed by atoms with Crippen LogP contribution in [0.25, 0.3) is 0 Å². The first-order chi connectivity index (χ1) is 9.08. The molecule has 7 heteroatoms. The molecule has 106 valence electrons. The number of nitrogens with one attached hydrogen (secondary N) is 2. The van der Waals surface area contributed by atoms with E-state index in [0.29, 0.717) is 37.5 Å². The second-order valence-corrected chi connectivity index (χ2v) is 5.16. The van der Waals surface area contributed by atoms with Crippen molar-refractivity contribution in [2.45, 2.75) is 33.4 Å². The molecule has 0 bridgehead atoms. The van der Waals surface area contributed by atoms with Gasteiger partial charge in [-0.05, 0) is 19.4 Å². The molecule has 0 radical (unpaired) electrons. The largest absolute Gasteiger partial charge is 0.407 e. The smallest absolute Gasteiger partial charge is 0.318 e. The van der Waals surface area contributed by atoms with Crippen molar-refractivity contribution in [2.75, 3.05) is 24.5 Å². The predicted molar refractivity (Wildman–Crippen MR) is 70.7 cm³/mol. The lowest BCUT2D eigenvalue weighted by Gasteiger charge is -2.30. The topological polar surface area (TPSA) is 83.3 Å². The van der Waals surface area contributed by atoms with Gasteiger partial charge in [-0.1, -0.05) is 18.9 Å². The van der Waals surface area contributed by atoms with E-state index >= 15 is 0 Å². The van der Waals surface area contributed by atoms with E-state index in [9.17, 15) is 4.79 Å². The number of carbonyl (C=O) groups is 1. The van der Waals surface area contributed by atoms with E-state index in [-0.39, 0.29) is 11.9 Å². The summed E-state index contributed by atoms with van der Waals surface area (Å²) >= 11 is 0. The van der Waals surface area contributed by atoms with E-state index in [2.05, 4.69) is 34.7 Å². The van der Waals surface area contributed by atoms with E-state index in [4.69, 9.17) is 4.42 Å². The van der Waals surface area contributed by atoms with E-state index in [1.807, 2.05) is 11.8 Å². The number of piperazine rings is 1. The van der Waals surface area contributed by atoms with Gasteiger partial charge in [0.2, 0.25) is 11.8 Å². The number of hydrogen-bond donors (Lipinski definition) is 2. The van der Waals surface area contributed by atoms with Gasteiger partial charge in [-0.15, -0.1) is 5.10 Å². The van der Waals surface area contributed by atoms with Crippen molar-refractivity contribution in [3.8, 4) is 0 Å². The van der Waals surface area contributed by atoms with Gasteiger partial charge in [-0.25, -0.2) is 0 Å². The molecule has 2 N–H and O–H groups in total. The van der Waals surface area contributed by atoms with E-state index < -0.39 is 0 Å². The Morgan fingerprint density at radius 2 is 2.32 bits per heavy atom. The van der Waals surface area contributed by atoms with Crippen LogP contribution in [0.5, 0.6) is 0 Å². The third-order valence-electron chi connectivity index (χ3n) is 3.03. The van der Waals surface area contributed by atoms with Crippen molar-refractivity contribution in [3.05, 3.63) is 5.89 Å². The van der Waals surface area contributed by atoms with Crippen LogP contribution >= 0.6 is 0 Å². The Labute approximate surface area is 112 Å². The van der Waals surface area contributed by atoms with Crippen LogP contribution in [0.15, 0.2) is 4.42 Å². The van der Waals surface area contributed by atoms with Crippen LogP contribution in [0, 0.1) is 5.92 Å². The molecule has 1 aromatic rings. The molecule has 1 fully saturated rings. The van der Waals surface area contributed by atoms with Gasteiger partial charge in [0.1, 0.15) is 6.04 Å². The number of anilines is 1. The van der Waals surface area contributed by atoms with Crippen LogP contribution in [-0.2, 0) is 11.3 Å². The summed E-state index contributed by atoms with van der Waals surface area (Å²) in [6.45, 7) is 8.86. The average Bonchev–Trinajstić information content (AvgIpc) is 2.81. The highest BCUT2D eigenvalue weighted by Gasteiger charge is 2.29. The quantitative estimate of drug-likeness (QED) is 0.789. The predicted octanol–water partition coefficient (Wildman–Crippen LogP) is 0.140. The van der Waals surface area contributed by atoms with Gasteiger partial charge in [-0.3, -0.25) is 4.79 Å². The number of nitrogens with zero attached hydrogens (tertiary/aromatic N) is 3. The van der Waals surface area contributed by atoms with Crippen LogP contribution in [0.2, 0.25) is 0 Å². The Hall–Kier alpha value is -1.63. The third kappa shape index (κ3) is 3.44. The molecule has 0 aromatic carbocycles. The summed E-state index contributed by atoms with van der Waals surface area (Å²) in [6.07, 6.45) is 0. The molecule has 1 unspecified atom stereocenters. The lowest BCUT2D eigenvalue weighted by molar-refractivity contribution is -0.123. The summed E-state index contributed by atoms with van der Waals surface area (Å²) in [5.74, 6) is 1.12. The molecular weight excluding hydrogens is 246 g/mol. The number of amides is 1. The fraction of sp³-hybridized carbons (Fsp3) is 0.750. The van der Waals surface area contributed by atoms with Crippen molar-refractivity contribution in [2.24, 2.45) is 5.92 Å². The maximum atomic E-state index is 11.6. The van der Waals surface area contributed by atoms with Crippen LogP contribution in [0.1, 0.15) is 26.7 Å². The first-order valence-electron chi connectivity index (χ1n) is 6.65. The van der Waals surface area contributed by atoms with Crippen LogP contribution < -0.4 is 15.5 Å². The van der Waals surface area contributed by atoms with Crippen LogP contribution in [-0.4, -0.2) is 41.8 Å². The van der Waals surface area contributed by atoms with E-state index in [0.717, 1.165) is 6.54 Å². The average molecular weight is 267 g/mol. The van der Waals surface area contributed by atoms with Gasteiger partial charge in [0.15, 0.2) is 0 Å². The minimum atomic E-state index is -0.273. The molecule has 0 aliphatic carbocycles. The van der Waals surface area contributed by atoms with Gasteiger partial charge in [0.05, 0.1) is 6.54 Å². The zero-order valence-corrected chi connectivity index (χ0v) is 11.6. The molecule has 19 heavy (non-hydrogen) atoms. The number of aromatic nitrogens is 2. The van der Waals surface area contributed by atoms with Gasteiger partial charge < -0.3 is 20.0 Å². The molecule has 1 atom stereocenters. The second-order valence-electron chi connectivity index (χ2n) is 5.16. The van der Waals surface area contributed by atoms with Crippen molar-refractivity contribution >= 4 is 11.9 Å². The molecule has 0 spiro atoms. The van der Waals surface area contributed by atoms with E-state index in [1.165, 1.54) is 0 Å². The lowest BCUT2D eigenvalue weighted by Crippen LogP contribution is -2.54. The minimum Gasteiger partial charge on any atom is -0.407 e. The summed E-state index contributed by atoms with van der Waals surface area (Å²) in [4.78, 5) is 13.4. The lowest BCUT2D eigenvalue weighted by atomic mass is 10.2. The van der Waals surface area contributed by atoms with Crippen molar-refractivity contribution in [1.82, 2.24) is 20.8 Å². The number of rotatable bonds is 5. The summed E-state index contributed by atoms with van der Waals surface area (Å²) in [6, 6.07) is 0.148. The van der Waals surface area contributed by atoms with Crippen LogP contribution in [0.3, 0.4) is 0 Å². The van der Waals surface area contributed by atoms with Crippen molar-refractivity contribution < 1.29 is 9.21 Å². The Morgan fingerprint density at radius 3 is 3.05 bits per heavy atom. The molecule has 1 aromatic heterocycles. The summed E-state index contributed by atoms with van der Waals surface area (Å²) in [5.41, 5.74) is 0. The molecule has 1 saturated heterocycles.